The number of hydrogen-bond donors (Lipinski definition) is 2. The zero-order valence-corrected chi connectivity index (χ0v) is 12.3. The van der Waals surface area contributed by atoms with E-state index in [2.05, 4.69) is 30.9 Å². The SMILES string of the molecule is Fc1ccc(Nc2ncc(-c3cccc(-c4nnn[nH]4)c3)o2)cc1. The van der Waals surface area contributed by atoms with Gasteiger partial charge in [0.25, 0.3) is 6.01 Å². The number of hydrogen-bond acceptors (Lipinski definition) is 6. The van der Waals surface area contributed by atoms with E-state index in [0.717, 1.165) is 11.1 Å². The number of aromatic amines is 1. The molecule has 7 nitrogen and oxygen atoms in total. The minimum absolute atomic E-state index is 0.299. The largest absolute Gasteiger partial charge is 0.423 e. The Kier molecular flexibility index (Phi) is 3.47. The molecular formula is C16H11FN6O. The van der Waals surface area contributed by atoms with Crippen molar-refractivity contribution in [3.63, 3.8) is 0 Å². The van der Waals surface area contributed by atoms with Crippen molar-refractivity contribution in [2.75, 3.05) is 5.32 Å². The third-order valence-corrected chi connectivity index (χ3v) is 3.37. The second-order valence-corrected chi connectivity index (χ2v) is 4.99. The van der Waals surface area contributed by atoms with Gasteiger partial charge in [0.15, 0.2) is 11.6 Å². The van der Waals surface area contributed by atoms with Crippen LogP contribution in [0.25, 0.3) is 22.7 Å². The molecule has 0 bridgehead atoms. The van der Waals surface area contributed by atoms with Crippen LogP contribution in [-0.2, 0) is 0 Å². The number of benzene rings is 2. The first kappa shape index (κ1) is 14.1. The molecule has 8 heteroatoms. The predicted octanol–water partition coefficient (Wildman–Crippen LogP) is 3.40. The molecular weight excluding hydrogens is 311 g/mol. The van der Waals surface area contributed by atoms with E-state index in [-0.39, 0.29) is 5.82 Å². The van der Waals surface area contributed by atoms with Gasteiger partial charge in [0.2, 0.25) is 0 Å². The van der Waals surface area contributed by atoms with Crippen LogP contribution in [-0.4, -0.2) is 25.6 Å². The Bertz CT molecular complexity index is 949. The van der Waals surface area contributed by atoms with Crippen molar-refractivity contribution in [3.8, 4) is 22.7 Å². The maximum absolute atomic E-state index is 12.9. The molecule has 0 fully saturated rings. The van der Waals surface area contributed by atoms with Crippen molar-refractivity contribution in [2.24, 2.45) is 0 Å². The summed E-state index contributed by atoms with van der Waals surface area (Å²) in [5, 5.41) is 16.7. The van der Waals surface area contributed by atoms with Gasteiger partial charge in [-0.2, -0.15) is 0 Å². The smallest absolute Gasteiger partial charge is 0.299 e. The molecule has 0 saturated heterocycles. The van der Waals surface area contributed by atoms with Crippen LogP contribution in [0.15, 0.2) is 59.1 Å². The molecule has 4 rings (SSSR count). The van der Waals surface area contributed by atoms with Crippen LogP contribution in [0.3, 0.4) is 0 Å². The molecule has 2 aromatic carbocycles. The molecule has 0 aliphatic carbocycles. The first-order valence-electron chi connectivity index (χ1n) is 7.11. The Balaban J connectivity index is 1.58. The standard InChI is InChI=1S/C16H11FN6O/c17-12-4-6-13(7-5-12)19-16-18-9-14(24-16)10-2-1-3-11(8-10)15-20-22-23-21-15/h1-9H,(H,18,19)(H,20,21,22,23). The van der Waals surface area contributed by atoms with Gasteiger partial charge in [-0.25, -0.2) is 14.5 Å². The van der Waals surface area contributed by atoms with E-state index in [1.54, 1.807) is 18.3 Å². The van der Waals surface area contributed by atoms with Gasteiger partial charge in [-0.15, -0.1) is 5.10 Å². The quantitative estimate of drug-likeness (QED) is 0.598. The molecule has 0 unspecified atom stereocenters. The van der Waals surface area contributed by atoms with Gasteiger partial charge in [-0.3, -0.25) is 0 Å². The summed E-state index contributed by atoms with van der Waals surface area (Å²) in [5.41, 5.74) is 2.36. The fraction of sp³-hybridized carbons (Fsp3) is 0. The van der Waals surface area contributed by atoms with Crippen LogP contribution in [0.1, 0.15) is 0 Å². The Hall–Kier alpha value is -3.55. The van der Waals surface area contributed by atoms with Gasteiger partial charge in [0.1, 0.15) is 5.82 Å². The van der Waals surface area contributed by atoms with Crippen LogP contribution in [0.2, 0.25) is 0 Å². The van der Waals surface area contributed by atoms with Crippen LogP contribution in [0.5, 0.6) is 0 Å². The number of aromatic nitrogens is 5. The highest BCUT2D eigenvalue weighted by Gasteiger charge is 2.09. The van der Waals surface area contributed by atoms with Crippen molar-refractivity contribution in [1.29, 1.82) is 0 Å². The lowest BCUT2D eigenvalue weighted by molar-refractivity contribution is 0.592. The molecule has 4 aromatic rings. The number of anilines is 2. The number of halogens is 1. The number of tetrazole rings is 1. The summed E-state index contributed by atoms with van der Waals surface area (Å²) in [6.45, 7) is 0. The topological polar surface area (TPSA) is 92.5 Å². The monoisotopic (exact) mass is 322 g/mol. The summed E-state index contributed by atoms with van der Waals surface area (Å²) in [6.07, 6.45) is 1.61. The first-order valence-corrected chi connectivity index (χ1v) is 7.11. The Labute approximate surface area is 135 Å². The third-order valence-electron chi connectivity index (χ3n) is 3.37. The summed E-state index contributed by atoms with van der Waals surface area (Å²) >= 11 is 0. The van der Waals surface area contributed by atoms with Crippen molar-refractivity contribution >= 4 is 11.7 Å². The number of H-pyrrole nitrogens is 1. The average molecular weight is 322 g/mol. The van der Waals surface area contributed by atoms with E-state index in [9.17, 15) is 4.39 Å². The summed E-state index contributed by atoms with van der Waals surface area (Å²) in [4.78, 5) is 4.18. The molecule has 2 N–H and O–H groups in total. The van der Waals surface area contributed by atoms with E-state index in [1.807, 2.05) is 24.3 Å². The lowest BCUT2D eigenvalue weighted by Crippen LogP contribution is -1.89. The van der Waals surface area contributed by atoms with Crippen LogP contribution < -0.4 is 5.32 Å². The summed E-state index contributed by atoms with van der Waals surface area (Å²) in [7, 11) is 0. The number of nitrogens with one attached hydrogen (secondary N) is 2. The van der Waals surface area contributed by atoms with Gasteiger partial charge in [-0.05, 0) is 40.8 Å². The van der Waals surface area contributed by atoms with Crippen LogP contribution in [0.4, 0.5) is 16.1 Å². The lowest BCUT2D eigenvalue weighted by atomic mass is 10.1. The van der Waals surface area contributed by atoms with Crippen molar-refractivity contribution in [3.05, 3.63) is 60.5 Å². The van der Waals surface area contributed by atoms with Crippen molar-refractivity contribution in [1.82, 2.24) is 25.6 Å². The predicted molar refractivity (Wildman–Crippen MR) is 84.8 cm³/mol. The minimum Gasteiger partial charge on any atom is -0.423 e. The minimum atomic E-state index is -0.299. The fourth-order valence-electron chi connectivity index (χ4n) is 2.22. The Morgan fingerprint density at radius 2 is 1.88 bits per heavy atom. The summed E-state index contributed by atoms with van der Waals surface area (Å²) in [6, 6.07) is 13.8. The molecule has 2 aromatic heterocycles. The van der Waals surface area contributed by atoms with E-state index in [4.69, 9.17) is 4.42 Å². The zero-order valence-electron chi connectivity index (χ0n) is 12.3. The van der Waals surface area contributed by atoms with Gasteiger partial charge < -0.3 is 9.73 Å². The zero-order chi connectivity index (χ0) is 16.4. The van der Waals surface area contributed by atoms with Gasteiger partial charge >= 0.3 is 0 Å². The molecule has 0 aliphatic rings. The van der Waals surface area contributed by atoms with Gasteiger partial charge in [-0.1, -0.05) is 18.2 Å². The normalized spacial score (nSPS) is 10.7. The molecule has 118 valence electrons. The van der Waals surface area contributed by atoms with Crippen molar-refractivity contribution in [2.45, 2.75) is 0 Å². The number of oxazole rings is 1. The average Bonchev–Trinajstić information content (AvgIpc) is 3.29. The highest BCUT2D eigenvalue weighted by Crippen LogP contribution is 2.27. The molecule has 0 amide bonds. The number of rotatable bonds is 4. The fourth-order valence-corrected chi connectivity index (χ4v) is 2.22. The Morgan fingerprint density at radius 3 is 2.67 bits per heavy atom. The second-order valence-electron chi connectivity index (χ2n) is 4.99. The van der Waals surface area contributed by atoms with Gasteiger partial charge in [0.05, 0.1) is 6.20 Å². The molecule has 0 saturated carbocycles. The molecule has 0 aliphatic heterocycles. The lowest BCUT2D eigenvalue weighted by Gasteiger charge is -2.01. The highest BCUT2D eigenvalue weighted by atomic mass is 19.1. The van der Waals surface area contributed by atoms with Gasteiger partial charge in [0, 0.05) is 16.8 Å². The third kappa shape index (κ3) is 2.84. The molecule has 0 atom stereocenters. The molecule has 2 heterocycles. The molecule has 0 spiro atoms. The molecule has 0 radical (unpaired) electrons. The van der Waals surface area contributed by atoms with E-state index >= 15 is 0 Å². The maximum atomic E-state index is 12.9. The van der Waals surface area contributed by atoms with Crippen molar-refractivity contribution < 1.29 is 8.81 Å². The summed E-state index contributed by atoms with van der Waals surface area (Å²) in [5.74, 6) is 0.863. The van der Waals surface area contributed by atoms with E-state index in [1.165, 1.54) is 12.1 Å². The van der Waals surface area contributed by atoms with E-state index < -0.39 is 0 Å². The van der Waals surface area contributed by atoms with E-state index in [0.29, 0.717) is 23.3 Å². The summed E-state index contributed by atoms with van der Waals surface area (Å²) < 4.78 is 18.6. The van der Waals surface area contributed by atoms with Crippen LogP contribution in [0, 0.1) is 5.82 Å². The molecule has 24 heavy (non-hydrogen) atoms. The Morgan fingerprint density at radius 1 is 1.04 bits per heavy atom. The highest BCUT2D eigenvalue weighted by molar-refractivity contribution is 5.67. The van der Waals surface area contributed by atoms with Crippen LogP contribution >= 0.6 is 0 Å². The first-order chi connectivity index (χ1) is 11.8. The number of nitrogens with zero attached hydrogens (tertiary/aromatic N) is 4. The maximum Gasteiger partial charge on any atom is 0.299 e. The second kappa shape index (κ2) is 5.92.